The minimum absolute atomic E-state index is 0.134. The molecule has 4 rings (SSSR count). The first-order chi connectivity index (χ1) is 17.0. The predicted molar refractivity (Wildman–Crippen MR) is 145 cm³/mol. The van der Waals surface area contributed by atoms with Crippen molar-refractivity contribution in [3.05, 3.63) is 124 Å². The van der Waals surface area contributed by atoms with Gasteiger partial charge in [-0.3, -0.25) is 9.59 Å². The van der Waals surface area contributed by atoms with Gasteiger partial charge in [0.25, 0.3) is 0 Å². The number of carbonyl (C=O) groups excluding carboxylic acids is 2. The average molecular weight is 521 g/mol. The van der Waals surface area contributed by atoms with E-state index in [1.807, 2.05) is 78.9 Å². The second kappa shape index (κ2) is 11.9. The van der Waals surface area contributed by atoms with Crippen molar-refractivity contribution >= 4 is 58.2 Å². The highest BCUT2D eigenvalue weighted by Crippen LogP contribution is 2.37. The van der Waals surface area contributed by atoms with Crippen molar-refractivity contribution in [1.29, 1.82) is 0 Å². The summed E-state index contributed by atoms with van der Waals surface area (Å²) in [5.41, 5.74) is 2.95. The molecule has 176 valence electrons. The highest BCUT2D eigenvalue weighted by Gasteiger charge is 2.23. The molecule has 1 unspecified atom stereocenters. The van der Waals surface area contributed by atoms with Crippen molar-refractivity contribution in [3.63, 3.8) is 0 Å². The van der Waals surface area contributed by atoms with Crippen LogP contribution in [0.5, 0.6) is 0 Å². The molecule has 4 nitrogen and oxygen atoms in total. The Morgan fingerprint density at radius 3 is 2.23 bits per heavy atom. The SMILES string of the molecule is O=C(Cc1ccc(Cl)cc1)Nc1cccc(SC(C(=O)Nc2ccccc2Cl)c2ccccc2)c1. The molecule has 0 spiro atoms. The maximum absolute atomic E-state index is 13.3. The number of benzene rings is 4. The Morgan fingerprint density at radius 2 is 1.49 bits per heavy atom. The second-order valence-corrected chi connectivity index (χ2v) is 9.78. The van der Waals surface area contributed by atoms with Gasteiger partial charge in [-0.1, -0.05) is 83.9 Å². The first-order valence-corrected chi connectivity index (χ1v) is 12.5. The van der Waals surface area contributed by atoms with Gasteiger partial charge in [-0.05, 0) is 53.6 Å². The Labute approximate surface area is 218 Å². The summed E-state index contributed by atoms with van der Waals surface area (Å²) < 4.78 is 0. The van der Waals surface area contributed by atoms with Crippen molar-refractivity contribution in [2.45, 2.75) is 16.6 Å². The van der Waals surface area contributed by atoms with E-state index >= 15 is 0 Å². The molecule has 0 aliphatic rings. The number of nitrogens with one attached hydrogen (secondary N) is 2. The lowest BCUT2D eigenvalue weighted by Crippen LogP contribution is -2.19. The highest BCUT2D eigenvalue weighted by molar-refractivity contribution is 8.00. The lowest BCUT2D eigenvalue weighted by atomic mass is 10.1. The van der Waals surface area contributed by atoms with Crippen molar-refractivity contribution < 1.29 is 9.59 Å². The van der Waals surface area contributed by atoms with Crippen LogP contribution in [-0.2, 0) is 16.0 Å². The zero-order valence-electron chi connectivity index (χ0n) is 18.6. The first kappa shape index (κ1) is 24.9. The molecule has 2 amide bonds. The van der Waals surface area contributed by atoms with Crippen LogP contribution in [-0.4, -0.2) is 11.8 Å². The topological polar surface area (TPSA) is 58.2 Å². The lowest BCUT2D eigenvalue weighted by Gasteiger charge is -2.18. The number of anilines is 2. The molecule has 0 saturated heterocycles. The number of rotatable bonds is 8. The number of halogens is 2. The van der Waals surface area contributed by atoms with Crippen LogP contribution < -0.4 is 10.6 Å². The Balaban J connectivity index is 1.49. The molecule has 0 saturated carbocycles. The third kappa shape index (κ3) is 7.12. The largest absolute Gasteiger partial charge is 0.326 e. The quantitative estimate of drug-likeness (QED) is 0.234. The molecule has 4 aromatic carbocycles. The average Bonchev–Trinajstić information content (AvgIpc) is 2.86. The van der Waals surface area contributed by atoms with Gasteiger partial charge in [0.15, 0.2) is 0 Å². The van der Waals surface area contributed by atoms with Gasteiger partial charge in [-0.2, -0.15) is 0 Å². The predicted octanol–water partition coefficient (Wildman–Crippen LogP) is 7.65. The summed E-state index contributed by atoms with van der Waals surface area (Å²) >= 11 is 13.6. The van der Waals surface area contributed by atoms with Crippen LogP contribution in [0.3, 0.4) is 0 Å². The van der Waals surface area contributed by atoms with Gasteiger partial charge in [0.2, 0.25) is 11.8 Å². The molecule has 1 atom stereocenters. The van der Waals surface area contributed by atoms with E-state index in [2.05, 4.69) is 10.6 Å². The van der Waals surface area contributed by atoms with Crippen LogP contribution in [0.25, 0.3) is 0 Å². The zero-order chi connectivity index (χ0) is 24.6. The van der Waals surface area contributed by atoms with Crippen LogP contribution in [0.1, 0.15) is 16.4 Å². The Hall–Kier alpha value is -3.25. The van der Waals surface area contributed by atoms with Gasteiger partial charge in [0, 0.05) is 15.6 Å². The Kier molecular flexibility index (Phi) is 8.48. The molecule has 0 fully saturated rings. The minimum Gasteiger partial charge on any atom is -0.326 e. The smallest absolute Gasteiger partial charge is 0.242 e. The Morgan fingerprint density at radius 1 is 0.771 bits per heavy atom. The van der Waals surface area contributed by atoms with Gasteiger partial charge in [-0.25, -0.2) is 0 Å². The fourth-order valence-corrected chi connectivity index (χ4v) is 4.83. The maximum Gasteiger partial charge on any atom is 0.242 e. The number of hydrogen-bond acceptors (Lipinski definition) is 3. The molecule has 4 aromatic rings. The van der Waals surface area contributed by atoms with Crippen LogP contribution in [0.2, 0.25) is 10.0 Å². The molecule has 0 aromatic heterocycles. The summed E-state index contributed by atoms with van der Waals surface area (Å²) in [5.74, 6) is -0.322. The molecular formula is C28H22Cl2N2O2S. The van der Waals surface area contributed by atoms with Gasteiger partial charge < -0.3 is 10.6 Å². The summed E-state index contributed by atoms with van der Waals surface area (Å²) in [5, 5.41) is 6.45. The number of amides is 2. The second-order valence-electron chi connectivity index (χ2n) is 7.76. The third-order valence-corrected chi connectivity index (χ3v) is 6.95. The van der Waals surface area contributed by atoms with Crippen LogP contribution in [0, 0.1) is 0 Å². The minimum atomic E-state index is -0.521. The lowest BCUT2D eigenvalue weighted by molar-refractivity contribution is -0.116. The maximum atomic E-state index is 13.3. The van der Waals surface area contributed by atoms with Crippen LogP contribution in [0.15, 0.2) is 108 Å². The molecule has 0 radical (unpaired) electrons. The van der Waals surface area contributed by atoms with Crippen molar-refractivity contribution in [1.82, 2.24) is 0 Å². The standard InChI is InChI=1S/C28H22Cl2N2O2S/c29-21-15-13-19(14-16-21)17-26(33)31-22-9-6-10-23(18-22)35-27(20-7-2-1-3-8-20)28(34)32-25-12-5-4-11-24(25)30/h1-16,18,27H,17H2,(H,31,33)(H,32,34). The van der Waals surface area contributed by atoms with Crippen LogP contribution in [0.4, 0.5) is 11.4 Å². The summed E-state index contributed by atoms with van der Waals surface area (Å²) in [6.45, 7) is 0. The van der Waals surface area contributed by atoms with E-state index < -0.39 is 5.25 Å². The fraction of sp³-hybridized carbons (Fsp3) is 0.0714. The zero-order valence-corrected chi connectivity index (χ0v) is 20.9. The molecule has 0 aliphatic heterocycles. The molecule has 35 heavy (non-hydrogen) atoms. The van der Waals surface area contributed by atoms with E-state index in [1.165, 1.54) is 11.8 Å². The van der Waals surface area contributed by atoms with Crippen molar-refractivity contribution in [2.75, 3.05) is 10.6 Å². The normalized spacial score (nSPS) is 11.5. The monoisotopic (exact) mass is 520 g/mol. The van der Waals surface area contributed by atoms with Crippen molar-refractivity contribution in [3.8, 4) is 0 Å². The van der Waals surface area contributed by atoms with Gasteiger partial charge >= 0.3 is 0 Å². The summed E-state index contributed by atoms with van der Waals surface area (Å²) in [6, 6.07) is 31.3. The number of hydrogen-bond donors (Lipinski definition) is 2. The van der Waals surface area contributed by atoms with E-state index in [0.717, 1.165) is 16.0 Å². The molecule has 0 aliphatic carbocycles. The highest BCUT2D eigenvalue weighted by atomic mass is 35.5. The summed E-state index contributed by atoms with van der Waals surface area (Å²) in [4.78, 5) is 26.7. The molecule has 0 heterocycles. The number of carbonyl (C=O) groups is 2. The summed E-state index contributed by atoms with van der Waals surface area (Å²) in [6.07, 6.45) is 0.238. The molecule has 7 heteroatoms. The van der Waals surface area contributed by atoms with E-state index in [4.69, 9.17) is 23.2 Å². The third-order valence-electron chi connectivity index (χ3n) is 5.12. The molecular weight excluding hydrogens is 499 g/mol. The number of para-hydroxylation sites is 1. The van der Waals surface area contributed by atoms with E-state index in [1.54, 1.807) is 24.3 Å². The molecule has 0 bridgehead atoms. The van der Waals surface area contributed by atoms with Gasteiger partial charge in [0.05, 0.1) is 17.1 Å². The van der Waals surface area contributed by atoms with Crippen molar-refractivity contribution in [2.24, 2.45) is 0 Å². The van der Waals surface area contributed by atoms with E-state index in [-0.39, 0.29) is 18.2 Å². The fourth-order valence-electron chi connectivity index (χ4n) is 3.44. The first-order valence-electron chi connectivity index (χ1n) is 10.9. The summed E-state index contributed by atoms with van der Waals surface area (Å²) in [7, 11) is 0. The van der Waals surface area contributed by atoms with Crippen LogP contribution >= 0.6 is 35.0 Å². The Bertz CT molecular complexity index is 1310. The van der Waals surface area contributed by atoms with E-state index in [0.29, 0.717) is 21.4 Å². The van der Waals surface area contributed by atoms with Gasteiger partial charge in [-0.15, -0.1) is 11.8 Å². The molecule has 2 N–H and O–H groups in total. The van der Waals surface area contributed by atoms with E-state index in [9.17, 15) is 9.59 Å². The van der Waals surface area contributed by atoms with Gasteiger partial charge in [0.1, 0.15) is 5.25 Å². The number of thioether (sulfide) groups is 1.